The van der Waals surface area contributed by atoms with E-state index in [2.05, 4.69) is 10.7 Å². The molecule has 1 heterocycles. The van der Waals surface area contributed by atoms with Gasteiger partial charge in [0, 0.05) is 0 Å². The van der Waals surface area contributed by atoms with E-state index in [9.17, 15) is 4.79 Å². The molecule has 2 atom stereocenters. The molecular weight excluding hydrogens is 116 g/mol. The summed E-state index contributed by atoms with van der Waals surface area (Å²) in [6.07, 6.45) is 5.10. The van der Waals surface area contributed by atoms with Crippen LogP contribution in [0.3, 0.4) is 0 Å². The Morgan fingerprint density at radius 3 is 2.78 bits per heavy atom. The van der Waals surface area contributed by atoms with Gasteiger partial charge in [-0.3, -0.25) is 4.79 Å². The quantitative estimate of drug-likeness (QED) is 0.346. The van der Waals surface area contributed by atoms with Gasteiger partial charge in [0.25, 0.3) is 0 Å². The summed E-state index contributed by atoms with van der Waals surface area (Å²) in [5.74, 6) is 2.23. The second kappa shape index (κ2) is 2.10. The molecule has 0 aromatic heterocycles. The summed E-state index contributed by atoms with van der Waals surface area (Å²) in [6, 6.07) is 0. The lowest BCUT2D eigenvalue weighted by molar-refractivity contribution is -0.140. The number of carbonyl (C=O) groups excluding carboxylic acids is 1. The summed E-state index contributed by atoms with van der Waals surface area (Å²) in [5, 5.41) is 0. The molecule has 0 N–H and O–H groups in total. The Kier molecular flexibility index (Phi) is 1.44. The normalized spacial score (nSPS) is 33.6. The first-order valence-electron chi connectivity index (χ1n) is 2.88. The lowest BCUT2D eigenvalue weighted by Crippen LogP contribution is -2.09. The highest BCUT2D eigenvalue weighted by Crippen LogP contribution is 2.19. The Balaban J connectivity index is 2.64. The van der Waals surface area contributed by atoms with Gasteiger partial charge in [-0.1, -0.05) is 12.8 Å². The van der Waals surface area contributed by atoms with Crippen molar-refractivity contribution in [2.24, 2.45) is 11.8 Å². The van der Waals surface area contributed by atoms with Crippen LogP contribution in [0.5, 0.6) is 0 Å². The monoisotopic (exact) mass is 124 g/mol. The van der Waals surface area contributed by atoms with Crippen LogP contribution in [0.25, 0.3) is 0 Å². The lowest BCUT2D eigenvalue weighted by atomic mass is 9.99. The van der Waals surface area contributed by atoms with Gasteiger partial charge >= 0.3 is 5.97 Å². The first kappa shape index (κ1) is 6.15. The molecule has 1 saturated heterocycles. The third kappa shape index (κ3) is 0.904. The second-order valence-corrected chi connectivity index (χ2v) is 2.19. The number of ether oxygens (including phenoxy) is 1. The molecule has 0 aromatic carbocycles. The summed E-state index contributed by atoms with van der Waals surface area (Å²) in [5.41, 5.74) is 0. The van der Waals surface area contributed by atoms with Crippen molar-refractivity contribution < 1.29 is 9.53 Å². The molecule has 0 spiro atoms. The molecule has 2 heteroatoms. The molecule has 0 bridgehead atoms. The summed E-state index contributed by atoms with van der Waals surface area (Å²) < 4.78 is 4.69. The van der Waals surface area contributed by atoms with E-state index in [0.29, 0.717) is 6.61 Å². The molecule has 9 heavy (non-hydrogen) atoms. The minimum absolute atomic E-state index is 0.00231. The van der Waals surface area contributed by atoms with Crippen molar-refractivity contribution in [3.05, 3.63) is 0 Å². The van der Waals surface area contributed by atoms with Crippen molar-refractivity contribution in [2.45, 2.75) is 6.92 Å². The van der Waals surface area contributed by atoms with Gasteiger partial charge in [0.15, 0.2) is 0 Å². The molecule has 1 fully saturated rings. The van der Waals surface area contributed by atoms with Crippen LogP contribution in [-0.4, -0.2) is 12.6 Å². The second-order valence-electron chi connectivity index (χ2n) is 2.19. The molecule has 1 rings (SSSR count). The Morgan fingerprint density at radius 1 is 1.89 bits per heavy atom. The van der Waals surface area contributed by atoms with Crippen LogP contribution < -0.4 is 0 Å². The maximum Gasteiger partial charge on any atom is 0.310 e. The molecule has 48 valence electrons. The zero-order valence-electron chi connectivity index (χ0n) is 5.26. The fraction of sp³-hybridized carbons (Fsp3) is 0.571. The standard InChI is InChI=1S/C7H8O2/c1-3-6-4-9-7(8)5(6)2/h1,5-6H,4H2,2H3. The number of carbonyl (C=O) groups is 1. The minimum atomic E-state index is -0.169. The molecule has 0 saturated carbocycles. The molecule has 1 aliphatic heterocycles. The summed E-state index contributed by atoms with van der Waals surface area (Å²) in [6.45, 7) is 2.19. The van der Waals surface area contributed by atoms with Crippen LogP contribution in [0.1, 0.15) is 6.92 Å². The van der Waals surface area contributed by atoms with Crippen molar-refractivity contribution in [1.82, 2.24) is 0 Å². The Labute approximate surface area is 54.2 Å². The van der Waals surface area contributed by atoms with Crippen molar-refractivity contribution in [3.63, 3.8) is 0 Å². The Morgan fingerprint density at radius 2 is 2.56 bits per heavy atom. The van der Waals surface area contributed by atoms with Gasteiger partial charge in [0.05, 0.1) is 11.8 Å². The van der Waals surface area contributed by atoms with Crippen LogP contribution in [0.2, 0.25) is 0 Å². The molecule has 0 radical (unpaired) electrons. The number of esters is 1. The van der Waals surface area contributed by atoms with E-state index in [1.54, 1.807) is 6.92 Å². The zero-order valence-corrected chi connectivity index (χ0v) is 5.26. The number of rotatable bonds is 0. The molecule has 2 unspecified atom stereocenters. The number of terminal acetylenes is 1. The third-order valence-electron chi connectivity index (χ3n) is 1.59. The number of hydrogen-bond donors (Lipinski definition) is 0. The Hall–Kier alpha value is -0.970. The molecule has 0 aromatic rings. The first-order valence-corrected chi connectivity index (χ1v) is 2.88. The van der Waals surface area contributed by atoms with Gasteiger partial charge in [-0.2, -0.15) is 0 Å². The molecular formula is C7H8O2. The van der Waals surface area contributed by atoms with Crippen molar-refractivity contribution >= 4 is 5.97 Å². The minimum Gasteiger partial charge on any atom is -0.464 e. The average Bonchev–Trinajstić information content (AvgIpc) is 2.15. The van der Waals surface area contributed by atoms with E-state index >= 15 is 0 Å². The van der Waals surface area contributed by atoms with E-state index in [1.165, 1.54) is 0 Å². The molecule has 2 nitrogen and oxygen atoms in total. The summed E-state index contributed by atoms with van der Waals surface area (Å²) in [4.78, 5) is 10.6. The largest absolute Gasteiger partial charge is 0.464 e. The number of hydrogen-bond acceptors (Lipinski definition) is 2. The van der Waals surface area contributed by atoms with Gasteiger partial charge in [0.2, 0.25) is 0 Å². The van der Waals surface area contributed by atoms with E-state index < -0.39 is 0 Å². The average molecular weight is 124 g/mol. The maximum absolute atomic E-state index is 10.6. The smallest absolute Gasteiger partial charge is 0.310 e. The van der Waals surface area contributed by atoms with Crippen molar-refractivity contribution in [1.29, 1.82) is 0 Å². The maximum atomic E-state index is 10.6. The molecule has 1 aliphatic rings. The van der Waals surface area contributed by atoms with E-state index in [0.717, 1.165) is 0 Å². The van der Waals surface area contributed by atoms with E-state index in [4.69, 9.17) is 6.42 Å². The number of cyclic esters (lactones) is 1. The van der Waals surface area contributed by atoms with Crippen LogP contribution in [-0.2, 0) is 9.53 Å². The highest BCUT2D eigenvalue weighted by atomic mass is 16.5. The van der Waals surface area contributed by atoms with E-state index in [1.807, 2.05) is 0 Å². The highest BCUT2D eigenvalue weighted by Gasteiger charge is 2.31. The van der Waals surface area contributed by atoms with Crippen molar-refractivity contribution in [2.75, 3.05) is 6.61 Å². The topological polar surface area (TPSA) is 26.3 Å². The lowest BCUT2D eigenvalue weighted by Gasteiger charge is -1.98. The Bertz CT molecular complexity index is 166. The van der Waals surface area contributed by atoms with Crippen LogP contribution in [0.15, 0.2) is 0 Å². The van der Waals surface area contributed by atoms with Gasteiger partial charge in [-0.15, -0.1) is 6.42 Å². The first-order chi connectivity index (χ1) is 4.25. The third-order valence-corrected chi connectivity index (χ3v) is 1.59. The molecule has 0 aliphatic carbocycles. The van der Waals surface area contributed by atoms with Crippen LogP contribution >= 0.6 is 0 Å². The zero-order chi connectivity index (χ0) is 6.85. The van der Waals surface area contributed by atoms with Crippen LogP contribution in [0, 0.1) is 24.2 Å². The van der Waals surface area contributed by atoms with Crippen molar-refractivity contribution in [3.8, 4) is 12.3 Å². The SMILES string of the molecule is C#CC1COC(=O)C1C. The predicted octanol–water partition coefficient (Wildman–Crippen LogP) is 0.429. The molecule has 0 amide bonds. The fourth-order valence-corrected chi connectivity index (χ4v) is 0.804. The predicted molar refractivity (Wildman–Crippen MR) is 32.4 cm³/mol. The van der Waals surface area contributed by atoms with Gasteiger partial charge in [0.1, 0.15) is 6.61 Å². The summed E-state index contributed by atoms with van der Waals surface area (Å²) >= 11 is 0. The fourth-order valence-electron chi connectivity index (χ4n) is 0.804. The van der Waals surface area contributed by atoms with Gasteiger partial charge in [-0.05, 0) is 0 Å². The van der Waals surface area contributed by atoms with Gasteiger partial charge < -0.3 is 4.74 Å². The van der Waals surface area contributed by atoms with Gasteiger partial charge in [-0.25, -0.2) is 0 Å². The summed E-state index contributed by atoms with van der Waals surface area (Å²) in [7, 11) is 0. The highest BCUT2D eigenvalue weighted by molar-refractivity contribution is 5.74. The van der Waals surface area contributed by atoms with E-state index in [-0.39, 0.29) is 17.8 Å². The van der Waals surface area contributed by atoms with Crippen LogP contribution in [0.4, 0.5) is 0 Å².